The maximum atomic E-state index is 8.58. The van der Waals surface area contributed by atoms with Crippen molar-refractivity contribution in [3.05, 3.63) is 11.6 Å². The molecule has 0 aromatic carbocycles. The molecule has 0 aliphatic carbocycles. The zero-order valence-corrected chi connectivity index (χ0v) is 7.17. The lowest BCUT2D eigenvalue weighted by Gasteiger charge is -2.17. The average Bonchev–Trinajstić information content (AvgIpc) is 2.01. The summed E-state index contributed by atoms with van der Waals surface area (Å²) in [5.41, 5.74) is 1.43. The Kier molecular flexibility index (Phi) is 7.95. The molecule has 11 heavy (non-hydrogen) atoms. The molecule has 66 valence electrons. The fourth-order valence-corrected chi connectivity index (χ4v) is 0.846. The second kappa shape index (κ2) is 8.01. The molecule has 0 unspecified atom stereocenters. The van der Waals surface area contributed by atoms with Crippen molar-refractivity contribution in [2.24, 2.45) is 0 Å². The van der Waals surface area contributed by atoms with Gasteiger partial charge in [0.2, 0.25) is 0 Å². The van der Waals surface area contributed by atoms with Gasteiger partial charge in [-0.2, -0.15) is 0 Å². The van der Waals surface area contributed by atoms with E-state index in [2.05, 4.69) is 0 Å². The summed E-state index contributed by atoms with van der Waals surface area (Å²) >= 11 is 5.31. The Morgan fingerprint density at radius 2 is 1.73 bits per heavy atom. The van der Waals surface area contributed by atoms with Crippen molar-refractivity contribution in [2.75, 3.05) is 32.8 Å². The van der Waals surface area contributed by atoms with Gasteiger partial charge in [-0.1, -0.05) is 17.7 Å². The second-order valence-corrected chi connectivity index (χ2v) is 2.36. The summed E-state index contributed by atoms with van der Waals surface area (Å²) in [6.45, 7) is 2.03. The molecule has 2 N–H and O–H groups in total. The number of aliphatic hydroxyl groups is 2. The van der Waals surface area contributed by atoms with Crippen LogP contribution in [0.25, 0.3) is 0 Å². The Morgan fingerprint density at radius 1 is 1.18 bits per heavy atom. The summed E-state index contributed by atoms with van der Waals surface area (Å²) in [6, 6.07) is 0. The van der Waals surface area contributed by atoms with Gasteiger partial charge < -0.3 is 10.2 Å². The van der Waals surface area contributed by atoms with Gasteiger partial charge in [0.15, 0.2) is 0 Å². The van der Waals surface area contributed by atoms with E-state index in [0.717, 1.165) is 0 Å². The van der Waals surface area contributed by atoms with E-state index in [1.54, 1.807) is 6.08 Å². The Labute approximate surface area is 71.9 Å². The summed E-state index contributed by atoms with van der Waals surface area (Å²) in [4.78, 5) is 1.90. The maximum Gasteiger partial charge on any atom is 0.0558 e. The fraction of sp³-hybridized carbons (Fsp3) is 0.714. The Bertz CT molecular complexity index is 103. The fourth-order valence-electron chi connectivity index (χ4n) is 0.766. The minimum Gasteiger partial charge on any atom is -0.395 e. The highest BCUT2D eigenvalue weighted by molar-refractivity contribution is 6.25. The van der Waals surface area contributed by atoms with E-state index in [1.807, 2.05) is 4.90 Å². The van der Waals surface area contributed by atoms with Crippen LogP contribution < -0.4 is 0 Å². The van der Waals surface area contributed by atoms with Crippen LogP contribution in [0.3, 0.4) is 0 Å². The standard InChI is InChI=1S/C7H14ClNO2/c8-2-1-3-9(4-6-10)5-7-11/h1-2,10-11H,3-7H2. The average molecular weight is 180 g/mol. The molecule has 0 heterocycles. The lowest BCUT2D eigenvalue weighted by molar-refractivity contribution is 0.172. The van der Waals surface area contributed by atoms with Gasteiger partial charge in [-0.15, -0.1) is 0 Å². The van der Waals surface area contributed by atoms with Gasteiger partial charge in [-0.05, 0) is 0 Å². The first-order chi connectivity index (χ1) is 5.35. The van der Waals surface area contributed by atoms with Gasteiger partial charge >= 0.3 is 0 Å². The van der Waals surface area contributed by atoms with Crippen molar-refractivity contribution in [3.63, 3.8) is 0 Å². The van der Waals surface area contributed by atoms with Crippen LogP contribution in [0.15, 0.2) is 11.6 Å². The van der Waals surface area contributed by atoms with Crippen LogP contribution in [0.2, 0.25) is 0 Å². The minimum atomic E-state index is 0.107. The number of rotatable bonds is 6. The Morgan fingerprint density at radius 3 is 2.09 bits per heavy atom. The Balaban J connectivity index is 3.50. The van der Waals surface area contributed by atoms with Crippen LogP contribution in [-0.2, 0) is 0 Å². The van der Waals surface area contributed by atoms with E-state index in [4.69, 9.17) is 21.8 Å². The third-order valence-electron chi connectivity index (χ3n) is 1.29. The van der Waals surface area contributed by atoms with E-state index in [9.17, 15) is 0 Å². The van der Waals surface area contributed by atoms with Crippen molar-refractivity contribution in [2.45, 2.75) is 0 Å². The largest absolute Gasteiger partial charge is 0.395 e. The number of hydrogen-bond acceptors (Lipinski definition) is 3. The van der Waals surface area contributed by atoms with E-state index in [1.165, 1.54) is 5.54 Å². The number of hydrogen-bond donors (Lipinski definition) is 2. The second-order valence-electron chi connectivity index (χ2n) is 2.11. The van der Waals surface area contributed by atoms with Gasteiger partial charge in [-0.25, -0.2) is 0 Å². The zero-order chi connectivity index (χ0) is 8.53. The van der Waals surface area contributed by atoms with Gasteiger partial charge in [0.25, 0.3) is 0 Å². The van der Waals surface area contributed by atoms with Gasteiger partial charge in [0, 0.05) is 25.2 Å². The lowest BCUT2D eigenvalue weighted by atomic mass is 10.4. The molecule has 0 fully saturated rings. The first-order valence-corrected chi connectivity index (χ1v) is 3.98. The highest BCUT2D eigenvalue weighted by atomic mass is 35.5. The molecule has 3 nitrogen and oxygen atoms in total. The molecular weight excluding hydrogens is 166 g/mol. The number of halogens is 1. The molecule has 0 amide bonds. The highest BCUT2D eigenvalue weighted by Gasteiger charge is 1.98. The van der Waals surface area contributed by atoms with E-state index >= 15 is 0 Å². The van der Waals surface area contributed by atoms with Crippen LogP contribution in [0, 0.1) is 0 Å². The van der Waals surface area contributed by atoms with E-state index < -0.39 is 0 Å². The normalized spacial score (nSPS) is 11.6. The number of aliphatic hydroxyl groups excluding tert-OH is 2. The number of nitrogens with zero attached hydrogens (tertiary/aromatic N) is 1. The molecule has 0 aromatic rings. The Hall–Kier alpha value is -0.0900. The first kappa shape index (κ1) is 10.9. The molecule has 0 aliphatic heterocycles. The molecule has 0 spiro atoms. The van der Waals surface area contributed by atoms with Crippen molar-refractivity contribution in [1.82, 2.24) is 4.90 Å². The van der Waals surface area contributed by atoms with Crippen molar-refractivity contribution >= 4 is 11.6 Å². The zero-order valence-electron chi connectivity index (χ0n) is 6.41. The smallest absolute Gasteiger partial charge is 0.0558 e. The molecule has 4 heteroatoms. The minimum absolute atomic E-state index is 0.107. The predicted octanol–water partition coefficient (Wildman–Crippen LogP) is 0.0255. The van der Waals surface area contributed by atoms with Crippen LogP contribution in [-0.4, -0.2) is 48.0 Å². The SMILES string of the molecule is OCCN(CC=CCl)CCO. The molecular formula is C7H14ClNO2. The molecule has 0 rings (SSSR count). The molecule has 0 aromatic heterocycles. The molecule has 0 bridgehead atoms. The van der Waals surface area contributed by atoms with E-state index in [-0.39, 0.29) is 13.2 Å². The molecule has 0 saturated heterocycles. The van der Waals surface area contributed by atoms with Crippen LogP contribution in [0.1, 0.15) is 0 Å². The van der Waals surface area contributed by atoms with Gasteiger partial charge in [0.1, 0.15) is 0 Å². The van der Waals surface area contributed by atoms with Crippen LogP contribution >= 0.6 is 11.6 Å². The molecule has 0 aliphatic rings. The van der Waals surface area contributed by atoms with Crippen molar-refractivity contribution in [1.29, 1.82) is 0 Å². The predicted molar refractivity (Wildman–Crippen MR) is 45.6 cm³/mol. The third-order valence-corrected chi connectivity index (χ3v) is 1.46. The van der Waals surface area contributed by atoms with Gasteiger partial charge in [0.05, 0.1) is 13.2 Å². The molecule has 0 atom stereocenters. The topological polar surface area (TPSA) is 43.7 Å². The van der Waals surface area contributed by atoms with Gasteiger partial charge in [-0.3, -0.25) is 4.90 Å². The summed E-state index contributed by atoms with van der Waals surface area (Å²) in [6.07, 6.45) is 1.77. The first-order valence-electron chi connectivity index (χ1n) is 3.54. The van der Waals surface area contributed by atoms with E-state index in [0.29, 0.717) is 19.6 Å². The molecule has 0 radical (unpaired) electrons. The quantitative estimate of drug-likeness (QED) is 0.605. The maximum absolute atomic E-state index is 8.58. The summed E-state index contributed by atoms with van der Waals surface area (Å²) in [7, 11) is 0. The van der Waals surface area contributed by atoms with Crippen LogP contribution in [0.4, 0.5) is 0 Å². The lowest BCUT2D eigenvalue weighted by Crippen LogP contribution is -2.29. The monoisotopic (exact) mass is 179 g/mol. The van der Waals surface area contributed by atoms with Crippen molar-refractivity contribution in [3.8, 4) is 0 Å². The molecule has 0 saturated carbocycles. The van der Waals surface area contributed by atoms with Crippen molar-refractivity contribution < 1.29 is 10.2 Å². The van der Waals surface area contributed by atoms with Crippen LogP contribution in [0.5, 0.6) is 0 Å². The third kappa shape index (κ3) is 6.31. The summed E-state index contributed by atoms with van der Waals surface area (Å²) in [5, 5.41) is 17.2. The summed E-state index contributed by atoms with van der Waals surface area (Å²) < 4.78 is 0. The highest BCUT2D eigenvalue weighted by Crippen LogP contribution is 1.88. The summed E-state index contributed by atoms with van der Waals surface area (Å²) in [5.74, 6) is 0.